The van der Waals surface area contributed by atoms with E-state index in [9.17, 15) is 4.79 Å². The Morgan fingerprint density at radius 3 is 2.85 bits per heavy atom. The van der Waals surface area contributed by atoms with Crippen LogP contribution in [0, 0.1) is 17.8 Å². The van der Waals surface area contributed by atoms with Crippen molar-refractivity contribution in [1.82, 2.24) is 0 Å². The van der Waals surface area contributed by atoms with E-state index in [0.717, 1.165) is 5.92 Å². The molecule has 13 heavy (non-hydrogen) atoms. The van der Waals surface area contributed by atoms with Gasteiger partial charge in [0.25, 0.3) is 0 Å². The van der Waals surface area contributed by atoms with Crippen LogP contribution in [0.4, 0.5) is 0 Å². The molecule has 0 amide bonds. The lowest BCUT2D eigenvalue weighted by molar-refractivity contribution is -0.144. The lowest BCUT2D eigenvalue weighted by Gasteiger charge is -2.16. The minimum atomic E-state index is -0.0200. The quantitative estimate of drug-likeness (QED) is 0.491. The Bertz CT molecular complexity index is 232. The highest BCUT2D eigenvalue weighted by Gasteiger charge is 2.36. The van der Waals surface area contributed by atoms with Crippen molar-refractivity contribution in [1.29, 1.82) is 0 Å². The van der Waals surface area contributed by atoms with E-state index in [1.54, 1.807) is 0 Å². The molecule has 0 radical (unpaired) electrons. The third-order valence-electron chi connectivity index (χ3n) is 3.15. The molecule has 2 nitrogen and oxygen atoms in total. The molecule has 2 rings (SSSR count). The van der Waals surface area contributed by atoms with Gasteiger partial charge >= 0.3 is 5.97 Å². The van der Waals surface area contributed by atoms with Gasteiger partial charge in [-0.1, -0.05) is 12.2 Å². The molecular formula is C11H16O2. The highest BCUT2D eigenvalue weighted by molar-refractivity contribution is 5.69. The van der Waals surface area contributed by atoms with Crippen molar-refractivity contribution in [2.45, 2.75) is 26.2 Å². The third-order valence-corrected chi connectivity index (χ3v) is 3.15. The molecular weight excluding hydrogens is 164 g/mol. The minimum Gasteiger partial charge on any atom is -0.466 e. The first-order valence-electron chi connectivity index (χ1n) is 5.13. The van der Waals surface area contributed by atoms with Crippen molar-refractivity contribution in [3.8, 4) is 0 Å². The minimum absolute atomic E-state index is 0.0200. The molecule has 1 saturated carbocycles. The number of hydrogen-bond donors (Lipinski definition) is 0. The Morgan fingerprint density at radius 1 is 1.46 bits per heavy atom. The summed E-state index contributed by atoms with van der Waals surface area (Å²) in [5.74, 6) is 1.96. The second kappa shape index (κ2) is 3.52. The first-order chi connectivity index (χ1) is 6.29. The van der Waals surface area contributed by atoms with Crippen LogP contribution in [0.3, 0.4) is 0 Å². The highest BCUT2D eigenvalue weighted by atomic mass is 16.5. The zero-order chi connectivity index (χ0) is 9.26. The Kier molecular flexibility index (Phi) is 2.38. The van der Waals surface area contributed by atoms with Crippen molar-refractivity contribution in [2.75, 3.05) is 6.61 Å². The molecule has 3 atom stereocenters. The molecule has 2 heteroatoms. The molecule has 0 saturated heterocycles. The van der Waals surface area contributed by atoms with Crippen LogP contribution in [-0.2, 0) is 9.53 Å². The van der Waals surface area contributed by atoms with Crippen molar-refractivity contribution in [3.63, 3.8) is 0 Å². The fourth-order valence-corrected chi connectivity index (χ4v) is 2.56. The van der Waals surface area contributed by atoms with E-state index >= 15 is 0 Å². The molecule has 0 aromatic carbocycles. The second-order valence-electron chi connectivity index (χ2n) is 4.05. The van der Waals surface area contributed by atoms with Gasteiger partial charge in [-0.25, -0.2) is 0 Å². The average Bonchev–Trinajstić information content (AvgIpc) is 2.65. The van der Waals surface area contributed by atoms with E-state index in [1.807, 2.05) is 6.92 Å². The van der Waals surface area contributed by atoms with Crippen LogP contribution in [0.15, 0.2) is 12.2 Å². The summed E-state index contributed by atoms with van der Waals surface area (Å²) in [5, 5.41) is 0. The van der Waals surface area contributed by atoms with Gasteiger partial charge in [0, 0.05) is 6.42 Å². The molecule has 0 aromatic rings. The van der Waals surface area contributed by atoms with Crippen LogP contribution in [0.1, 0.15) is 26.2 Å². The van der Waals surface area contributed by atoms with E-state index < -0.39 is 0 Å². The summed E-state index contributed by atoms with van der Waals surface area (Å²) < 4.78 is 4.95. The summed E-state index contributed by atoms with van der Waals surface area (Å²) >= 11 is 0. The standard InChI is InChI=1S/C11H16O2/c1-2-13-11(12)7-10-6-8-3-4-9(10)5-8/h3-4,8-10H,2,5-7H2,1H3/t8-,9+,10+/m0/s1. The molecule has 2 aliphatic carbocycles. The zero-order valence-corrected chi connectivity index (χ0v) is 8.03. The first-order valence-corrected chi connectivity index (χ1v) is 5.13. The summed E-state index contributed by atoms with van der Waals surface area (Å²) in [6, 6.07) is 0. The van der Waals surface area contributed by atoms with Gasteiger partial charge in [-0.3, -0.25) is 4.79 Å². The number of fused-ring (bicyclic) bond motifs is 2. The average molecular weight is 180 g/mol. The topological polar surface area (TPSA) is 26.3 Å². The van der Waals surface area contributed by atoms with Crippen molar-refractivity contribution >= 4 is 5.97 Å². The molecule has 0 heterocycles. The third kappa shape index (κ3) is 1.77. The largest absolute Gasteiger partial charge is 0.466 e. The predicted octanol–water partition coefficient (Wildman–Crippen LogP) is 2.15. The van der Waals surface area contributed by atoms with E-state index in [0.29, 0.717) is 24.9 Å². The van der Waals surface area contributed by atoms with Crippen LogP contribution in [0.5, 0.6) is 0 Å². The zero-order valence-electron chi connectivity index (χ0n) is 8.03. The van der Waals surface area contributed by atoms with Gasteiger partial charge in [-0.05, 0) is 37.5 Å². The van der Waals surface area contributed by atoms with Crippen molar-refractivity contribution in [3.05, 3.63) is 12.2 Å². The van der Waals surface area contributed by atoms with E-state index in [4.69, 9.17) is 4.74 Å². The van der Waals surface area contributed by atoms with Gasteiger partial charge in [-0.2, -0.15) is 0 Å². The molecule has 72 valence electrons. The van der Waals surface area contributed by atoms with Crippen LogP contribution >= 0.6 is 0 Å². The maximum atomic E-state index is 11.2. The predicted molar refractivity (Wildman–Crippen MR) is 50.1 cm³/mol. The maximum absolute atomic E-state index is 11.2. The van der Waals surface area contributed by atoms with Gasteiger partial charge in [-0.15, -0.1) is 0 Å². The van der Waals surface area contributed by atoms with Crippen LogP contribution in [0.25, 0.3) is 0 Å². The summed E-state index contributed by atoms with van der Waals surface area (Å²) in [7, 11) is 0. The number of carbonyl (C=O) groups is 1. The van der Waals surface area contributed by atoms with Crippen molar-refractivity contribution < 1.29 is 9.53 Å². The molecule has 0 N–H and O–H groups in total. The molecule has 2 aliphatic rings. The number of esters is 1. The summed E-state index contributed by atoms with van der Waals surface area (Å²) in [5.41, 5.74) is 0. The molecule has 0 unspecified atom stereocenters. The van der Waals surface area contributed by atoms with Gasteiger partial charge < -0.3 is 4.74 Å². The molecule has 0 aliphatic heterocycles. The van der Waals surface area contributed by atoms with Gasteiger partial charge in [0.1, 0.15) is 0 Å². The number of ether oxygens (including phenoxy) is 1. The summed E-state index contributed by atoms with van der Waals surface area (Å²) in [4.78, 5) is 11.2. The first kappa shape index (κ1) is 8.79. The fraction of sp³-hybridized carbons (Fsp3) is 0.727. The highest BCUT2D eigenvalue weighted by Crippen LogP contribution is 2.44. The summed E-state index contributed by atoms with van der Waals surface area (Å²) in [6.45, 7) is 2.37. The number of hydrogen-bond acceptors (Lipinski definition) is 2. The SMILES string of the molecule is CCOC(=O)C[C@H]1C[C@H]2C=C[C@@H]1C2. The number of allylic oxidation sites excluding steroid dienone is 2. The normalized spacial score (nSPS) is 35.3. The Hall–Kier alpha value is -0.790. The Balaban J connectivity index is 1.83. The second-order valence-corrected chi connectivity index (χ2v) is 4.05. The summed E-state index contributed by atoms with van der Waals surface area (Å²) in [6.07, 6.45) is 7.66. The molecule has 1 fully saturated rings. The lowest BCUT2D eigenvalue weighted by atomic mass is 9.91. The lowest BCUT2D eigenvalue weighted by Crippen LogP contribution is -2.14. The Labute approximate surface area is 79.0 Å². The van der Waals surface area contributed by atoms with Crippen LogP contribution in [0.2, 0.25) is 0 Å². The molecule has 2 bridgehead atoms. The number of rotatable bonds is 3. The smallest absolute Gasteiger partial charge is 0.306 e. The van der Waals surface area contributed by atoms with Crippen LogP contribution in [-0.4, -0.2) is 12.6 Å². The maximum Gasteiger partial charge on any atom is 0.306 e. The van der Waals surface area contributed by atoms with Gasteiger partial charge in [0.15, 0.2) is 0 Å². The monoisotopic (exact) mass is 180 g/mol. The van der Waals surface area contributed by atoms with Crippen LogP contribution < -0.4 is 0 Å². The van der Waals surface area contributed by atoms with Crippen molar-refractivity contribution in [2.24, 2.45) is 17.8 Å². The van der Waals surface area contributed by atoms with E-state index in [-0.39, 0.29) is 5.97 Å². The van der Waals surface area contributed by atoms with E-state index in [2.05, 4.69) is 12.2 Å². The van der Waals surface area contributed by atoms with E-state index in [1.165, 1.54) is 12.8 Å². The number of carbonyl (C=O) groups excluding carboxylic acids is 1. The fourth-order valence-electron chi connectivity index (χ4n) is 2.56. The van der Waals surface area contributed by atoms with Gasteiger partial charge in [0.05, 0.1) is 6.61 Å². The molecule has 0 aromatic heterocycles. The van der Waals surface area contributed by atoms with Gasteiger partial charge in [0.2, 0.25) is 0 Å². The Morgan fingerprint density at radius 2 is 2.31 bits per heavy atom. The molecule has 0 spiro atoms.